The fraction of sp³-hybridized carbons (Fsp3) is 0.526. The molecule has 9 nitrogen and oxygen atoms in total. The average Bonchev–Trinajstić information content (AvgIpc) is 3.04. The maximum Gasteiger partial charge on any atom is 0.322 e. The van der Waals surface area contributed by atoms with E-state index in [1.54, 1.807) is 12.1 Å². The number of hydrogen-bond acceptors (Lipinski definition) is 5. The zero-order valence-electron chi connectivity index (χ0n) is 16.0. The maximum absolute atomic E-state index is 13.0. The van der Waals surface area contributed by atoms with Gasteiger partial charge in [0.1, 0.15) is 6.04 Å². The van der Waals surface area contributed by atoms with Crippen molar-refractivity contribution in [1.82, 2.24) is 19.8 Å². The Labute approximate surface area is 169 Å². The predicted octanol–water partition coefficient (Wildman–Crippen LogP) is -0.00360. The smallest absolute Gasteiger partial charge is 0.322 e. The number of fused-ring (bicyclic) bond motifs is 1. The topological polar surface area (TPSA) is 116 Å². The molecular formula is C19H24N4O5S. The summed E-state index contributed by atoms with van der Waals surface area (Å²) in [5.74, 6) is -0.796. The second-order valence-corrected chi connectivity index (χ2v) is 9.58. The van der Waals surface area contributed by atoms with Gasteiger partial charge in [-0.3, -0.25) is 14.9 Å². The number of piperazine rings is 1. The summed E-state index contributed by atoms with van der Waals surface area (Å²) in [6, 6.07) is 3.92. The van der Waals surface area contributed by atoms with Gasteiger partial charge >= 0.3 is 6.03 Å². The van der Waals surface area contributed by atoms with E-state index in [-0.39, 0.29) is 38.5 Å². The molecule has 1 aromatic rings. The summed E-state index contributed by atoms with van der Waals surface area (Å²) in [5, 5.41) is 4.49. The van der Waals surface area contributed by atoms with E-state index in [0.29, 0.717) is 4.90 Å². The van der Waals surface area contributed by atoms with Crippen LogP contribution in [0.3, 0.4) is 0 Å². The molecule has 10 heteroatoms. The minimum Gasteiger partial charge on any atom is -0.340 e. The summed E-state index contributed by atoms with van der Waals surface area (Å²) in [7, 11) is -3.61. The van der Waals surface area contributed by atoms with Crippen molar-refractivity contribution in [2.24, 2.45) is 0 Å². The first kappa shape index (κ1) is 19.8. The van der Waals surface area contributed by atoms with E-state index in [4.69, 9.17) is 0 Å². The molecule has 0 unspecified atom stereocenters. The molecule has 1 atom stereocenters. The molecule has 4 amide bonds. The third kappa shape index (κ3) is 3.99. The van der Waals surface area contributed by atoms with Crippen LogP contribution in [0, 0.1) is 0 Å². The normalized spacial score (nSPS) is 22.8. The highest BCUT2D eigenvalue weighted by atomic mass is 32.2. The molecule has 2 aliphatic heterocycles. The Balaban J connectivity index is 1.38. The fourth-order valence-electron chi connectivity index (χ4n) is 4.10. The minimum absolute atomic E-state index is 0.130. The van der Waals surface area contributed by atoms with Crippen LogP contribution < -0.4 is 10.6 Å². The predicted molar refractivity (Wildman–Crippen MR) is 104 cm³/mol. The van der Waals surface area contributed by atoms with Crippen LogP contribution in [-0.2, 0) is 32.5 Å². The van der Waals surface area contributed by atoms with Gasteiger partial charge in [-0.2, -0.15) is 4.31 Å². The molecule has 2 heterocycles. The Bertz CT molecular complexity index is 953. The van der Waals surface area contributed by atoms with Crippen molar-refractivity contribution < 1.29 is 22.8 Å². The number of rotatable bonds is 4. The van der Waals surface area contributed by atoms with Gasteiger partial charge in [0.05, 0.1) is 11.3 Å². The van der Waals surface area contributed by atoms with Crippen LogP contribution in [0.4, 0.5) is 4.79 Å². The van der Waals surface area contributed by atoms with E-state index in [9.17, 15) is 22.8 Å². The molecule has 1 aliphatic carbocycles. The van der Waals surface area contributed by atoms with Crippen molar-refractivity contribution in [3.63, 3.8) is 0 Å². The van der Waals surface area contributed by atoms with Crippen molar-refractivity contribution in [2.45, 2.75) is 43.0 Å². The third-order valence-corrected chi connectivity index (χ3v) is 7.68. The molecular weight excluding hydrogens is 396 g/mol. The lowest BCUT2D eigenvalue weighted by molar-refractivity contribution is -0.134. The molecule has 0 spiro atoms. The van der Waals surface area contributed by atoms with E-state index in [0.717, 1.165) is 31.2 Å². The highest BCUT2D eigenvalue weighted by Crippen LogP contribution is 2.26. The Kier molecular flexibility index (Phi) is 5.30. The SMILES string of the molecule is O=C1NC(=O)[C@H](CC(=O)N2CCN(S(=O)(=O)c3ccc4c(c3)CCCC4)CC2)N1. The molecule has 2 saturated heterocycles. The van der Waals surface area contributed by atoms with Gasteiger partial charge in [-0.05, 0) is 48.9 Å². The molecule has 3 aliphatic rings. The summed E-state index contributed by atoms with van der Waals surface area (Å²) >= 11 is 0. The van der Waals surface area contributed by atoms with Gasteiger partial charge in [0.15, 0.2) is 0 Å². The van der Waals surface area contributed by atoms with Crippen molar-refractivity contribution in [1.29, 1.82) is 0 Å². The fourth-order valence-corrected chi connectivity index (χ4v) is 5.58. The van der Waals surface area contributed by atoms with E-state index in [1.807, 2.05) is 6.07 Å². The minimum atomic E-state index is -3.61. The number of hydrogen-bond donors (Lipinski definition) is 2. The monoisotopic (exact) mass is 420 g/mol. The Morgan fingerprint density at radius 1 is 1.03 bits per heavy atom. The number of urea groups is 1. The van der Waals surface area contributed by atoms with Crippen LogP contribution in [0.5, 0.6) is 0 Å². The number of carbonyl (C=O) groups is 3. The molecule has 2 N–H and O–H groups in total. The molecule has 2 fully saturated rings. The second kappa shape index (κ2) is 7.75. The molecule has 0 bridgehead atoms. The molecule has 0 aromatic heterocycles. The number of carbonyl (C=O) groups excluding carboxylic acids is 3. The first-order chi connectivity index (χ1) is 13.8. The molecule has 29 heavy (non-hydrogen) atoms. The number of sulfonamides is 1. The highest BCUT2D eigenvalue weighted by molar-refractivity contribution is 7.89. The third-order valence-electron chi connectivity index (χ3n) is 5.79. The van der Waals surface area contributed by atoms with Crippen LogP contribution in [0.15, 0.2) is 23.1 Å². The molecule has 0 saturated carbocycles. The Morgan fingerprint density at radius 3 is 2.38 bits per heavy atom. The summed E-state index contributed by atoms with van der Waals surface area (Å²) in [6.07, 6.45) is 4.00. The lowest BCUT2D eigenvalue weighted by atomic mass is 9.92. The summed E-state index contributed by atoms with van der Waals surface area (Å²) in [4.78, 5) is 37.0. The average molecular weight is 420 g/mol. The van der Waals surface area contributed by atoms with E-state index < -0.39 is 28.0 Å². The number of nitrogens with one attached hydrogen (secondary N) is 2. The van der Waals surface area contributed by atoms with Crippen LogP contribution in [0.25, 0.3) is 0 Å². The first-order valence-corrected chi connectivity index (χ1v) is 11.3. The van der Waals surface area contributed by atoms with Crippen LogP contribution in [0.1, 0.15) is 30.4 Å². The Hall–Kier alpha value is -2.46. The largest absolute Gasteiger partial charge is 0.340 e. The van der Waals surface area contributed by atoms with Crippen LogP contribution in [-0.4, -0.2) is 67.7 Å². The standard InChI is InChI=1S/C19H24N4O5S/c24-17(12-16-18(25)21-19(26)20-16)22-7-9-23(10-8-22)29(27,28)15-6-5-13-3-1-2-4-14(13)11-15/h5-6,11,16H,1-4,7-10,12H2,(H2,20,21,25,26)/t16-/m0/s1. The van der Waals surface area contributed by atoms with E-state index in [2.05, 4.69) is 10.6 Å². The van der Waals surface area contributed by atoms with Gasteiger partial charge in [0, 0.05) is 26.2 Å². The van der Waals surface area contributed by atoms with Crippen LogP contribution >= 0.6 is 0 Å². The van der Waals surface area contributed by atoms with Gasteiger partial charge in [0.2, 0.25) is 15.9 Å². The number of imide groups is 1. The van der Waals surface area contributed by atoms with Gasteiger partial charge in [0.25, 0.3) is 5.91 Å². The van der Waals surface area contributed by atoms with Gasteiger partial charge in [-0.25, -0.2) is 13.2 Å². The molecule has 156 valence electrons. The highest BCUT2D eigenvalue weighted by Gasteiger charge is 2.35. The number of nitrogens with zero attached hydrogens (tertiary/aromatic N) is 2. The summed E-state index contributed by atoms with van der Waals surface area (Å²) < 4.78 is 27.5. The van der Waals surface area contributed by atoms with Gasteiger partial charge < -0.3 is 10.2 Å². The number of amides is 4. The molecule has 1 aromatic carbocycles. The second-order valence-electron chi connectivity index (χ2n) is 7.64. The zero-order chi connectivity index (χ0) is 20.6. The van der Waals surface area contributed by atoms with Crippen molar-refractivity contribution in [3.05, 3.63) is 29.3 Å². The van der Waals surface area contributed by atoms with Crippen molar-refractivity contribution in [2.75, 3.05) is 26.2 Å². The summed E-state index contributed by atoms with van der Waals surface area (Å²) in [6.45, 7) is 0.916. The number of aryl methyl sites for hydroxylation is 2. The molecule has 4 rings (SSSR count). The Morgan fingerprint density at radius 2 is 1.72 bits per heavy atom. The zero-order valence-corrected chi connectivity index (χ0v) is 16.8. The number of benzene rings is 1. The van der Waals surface area contributed by atoms with Crippen molar-refractivity contribution in [3.8, 4) is 0 Å². The van der Waals surface area contributed by atoms with Crippen LogP contribution in [0.2, 0.25) is 0 Å². The van der Waals surface area contributed by atoms with E-state index in [1.165, 1.54) is 14.8 Å². The quantitative estimate of drug-likeness (QED) is 0.665. The maximum atomic E-state index is 13.0. The van der Waals surface area contributed by atoms with Gasteiger partial charge in [-0.1, -0.05) is 6.07 Å². The lowest BCUT2D eigenvalue weighted by Crippen LogP contribution is -2.51. The first-order valence-electron chi connectivity index (χ1n) is 9.86. The molecule has 0 radical (unpaired) electrons. The lowest BCUT2D eigenvalue weighted by Gasteiger charge is -2.34. The van der Waals surface area contributed by atoms with Crippen molar-refractivity contribution >= 4 is 27.9 Å². The van der Waals surface area contributed by atoms with E-state index >= 15 is 0 Å². The summed E-state index contributed by atoms with van der Waals surface area (Å²) in [5.41, 5.74) is 2.34. The van der Waals surface area contributed by atoms with Gasteiger partial charge in [-0.15, -0.1) is 0 Å².